The highest BCUT2D eigenvalue weighted by Crippen LogP contribution is 2.36. The first kappa shape index (κ1) is 24.8. The number of carbonyl (C=O) groups excluding carboxylic acids is 2. The molecule has 2 aliphatic rings. The molecule has 1 aliphatic heterocycles. The number of amides is 1. The number of esters is 1. The van der Waals surface area contributed by atoms with E-state index >= 15 is 0 Å². The first-order valence-electron chi connectivity index (χ1n) is 12.2. The summed E-state index contributed by atoms with van der Waals surface area (Å²) in [6.45, 7) is 6.54. The highest BCUT2D eigenvalue weighted by Gasteiger charge is 2.34. The largest absolute Gasteiger partial charge is 0.454 e. The first-order valence-corrected chi connectivity index (χ1v) is 12.2. The third-order valence-corrected chi connectivity index (χ3v) is 5.95. The number of ether oxygens (including phenoxy) is 4. The summed E-state index contributed by atoms with van der Waals surface area (Å²) < 4.78 is 36.9. The molecule has 1 amide bonds. The molecule has 0 saturated heterocycles. The Kier molecular flexibility index (Phi) is 7.48. The van der Waals surface area contributed by atoms with Crippen LogP contribution in [0.15, 0.2) is 36.4 Å². The predicted octanol–water partition coefficient (Wildman–Crippen LogP) is 6.44. The van der Waals surface area contributed by atoms with E-state index in [1.807, 2.05) is 6.92 Å². The summed E-state index contributed by atoms with van der Waals surface area (Å²) in [4.78, 5) is 26.3. The molecule has 4 rings (SSSR count). The molecule has 0 spiro atoms. The van der Waals surface area contributed by atoms with Crippen LogP contribution in [-0.4, -0.2) is 35.9 Å². The van der Waals surface area contributed by atoms with Crippen LogP contribution in [0.4, 0.5) is 9.18 Å². The summed E-state index contributed by atoms with van der Waals surface area (Å²) in [5.41, 5.74) is 0.931. The van der Waals surface area contributed by atoms with Crippen molar-refractivity contribution in [3.8, 4) is 17.2 Å². The number of hydrogen-bond acceptors (Lipinski definition) is 6. The third kappa shape index (κ3) is 6.65. The van der Waals surface area contributed by atoms with E-state index in [1.165, 1.54) is 37.1 Å². The molecule has 1 saturated carbocycles. The summed E-state index contributed by atoms with van der Waals surface area (Å²) >= 11 is 0. The second-order valence-corrected chi connectivity index (χ2v) is 9.54. The van der Waals surface area contributed by atoms with Gasteiger partial charge in [-0.3, -0.25) is 0 Å². The van der Waals surface area contributed by atoms with Crippen LogP contribution in [-0.2, 0) is 16.0 Å². The fourth-order valence-corrected chi connectivity index (χ4v) is 3.83. The number of cyclic esters (lactones) is 1. The zero-order chi connectivity index (χ0) is 25.0. The summed E-state index contributed by atoms with van der Waals surface area (Å²) in [6.07, 6.45) is 4.72. The lowest BCUT2D eigenvalue weighted by Gasteiger charge is -2.31. The zero-order valence-electron chi connectivity index (χ0n) is 20.5. The van der Waals surface area contributed by atoms with Gasteiger partial charge in [-0.05, 0) is 48.6 Å². The van der Waals surface area contributed by atoms with E-state index in [1.54, 1.807) is 30.9 Å². The Morgan fingerprint density at radius 1 is 1.17 bits per heavy atom. The smallest absolute Gasteiger partial charge is 0.410 e. The van der Waals surface area contributed by atoms with Crippen molar-refractivity contribution in [1.29, 1.82) is 0 Å². The van der Waals surface area contributed by atoms with E-state index in [4.69, 9.17) is 18.9 Å². The summed E-state index contributed by atoms with van der Waals surface area (Å²) in [7, 11) is 0. The Hall–Kier alpha value is -3.29. The van der Waals surface area contributed by atoms with E-state index in [-0.39, 0.29) is 24.0 Å². The average Bonchev–Trinajstić information content (AvgIpc) is 3.62. The van der Waals surface area contributed by atoms with Gasteiger partial charge in [0.25, 0.3) is 0 Å². The van der Waals surface area contributed by atoms with Gasteiger partial charge in [-0.2, -0.15) is 0 Å². The number of halogens is 1. The van der Waals surface area contributed by atoms with E-state index in [0.29, 0.717) is 36.1 Å². The number of fused-ring (bicyclic) bond motifs is 1. The van der Waals surface area contributed by atoms with E-state index in [9.17, 15) is 14.0 Å². The van der Waals surface area contributed by atoms with Crippen molar-refractivity contribution < 1.29 is 32.9 Å². The van der Waals surface area contributed by atoms with Gasteiger partial charge in [0.2, 0.25) is 5.79 Å². The van der Waals surface area contributed by atoms with Crippen molar-refractivity contribution in [3.05, 3.63) is 53.3 Å². The van der Waals surface area contributed by atoms with Gasteiger partial charge in [-0.1, -0.05) is 32.3 Å². The molecule has 0 bridgehead atoms. The second kappa shape index (κ2) is 10.5. The summed E-state index contributed by atoms with van der Waals surface area (Å²) in [6, 6.07) is 9.25. The molecule has 8 heteroatoms. The molecule has 0 N–H and O–H groups in total. The van der Waals surface area contributed by atoms with Gasteiger partial charge in [-0.15, -0.1) is 0 Å². The molecular weight excluding hydrogens is 453 g/mol. The van der Waals surface area contributed by atoms with Crippen molar-refractivity contribution in [2.24, 2.45) is 5.92 Å². The quantitative estimate of drug-likeness (QED) is 0.285. The Balaban J connectivity index is 1.43. The number of nitrogens with zero attached hydrogens (tertiary/aromatic N) is 1. The van der Waals surface area contributed by atoms with Gasteiger partial charge >= 0.3 is 12.1 Å². The lowest BCUT2D eigenvalue weighted by molar-refractivity contribution is -0.127. The van der Waals surface area contributed by atoms with Crippen LogP contribution in [0.3, 0.4) is 0 Å². The van der Waals surface area contributed by atoms with Crippen LogP contribution in [0.1, 0.15) is 68.8 Å². The second-order valence-electron chi connectivity index (χ2n) is 9.54. The molecule has 7 nitrogen and oxygen atoms in total. The van der Waals surface area contributed by atoms with Crippen LogP contribution >= 0.6 is 0 Å². The first-order chi connectivity index (χ1) is 16.7. The maximum absolute atomic E-state index is 14.9. The highest BCUT2D eigenvalue weighted by atomic mass is 19.1. The number of unbranched alkanes of at least 4 members (excludes halogenated alkanes) is 1. The third-order valence-electron chi connectivity index (χ3n) is 5.95. The maximum Gasteiger partial charge on any atom is 0.410 e. The topological polar surface area (TPSA) is 74.3 Å². The normalized spacial score (nSPS) is 16.1. The Morgan fingerprint density at radius 2 is 1.97 bits per heavy atom. The van der Waals surface area contributed by atoms with Crippen LogP contribution in [0.5, 0.6) is 17.2 Å². The van der Waals surface area contributed by atoms with Gasteiger partial charge in [0, 0.05) is 33.0 Å². The van der Waals surface area contributed by atoms with Crippen LogP contribution in [0.25, 0.3) is 0 Å². The molecule has 2 aromatic rings. The minimum Gasteiger partial charge on any atom is -0.454 e. The SMILES string of the molecule is CCCCOC(=O)N(CCC1CC1)Cc1ccc(Oc2ccc3c(c2)OC(C)(C)OC3=O)c(F)c1. The van der Waals surface area contributed by atoms with Crippen molar-refractivity contribution in [2.45, 2.75) is 65.2 Å². The maximum atomic E-state index is 14.9. The highest BCUT2D eigenvalue weighted by molar-refractivity contribution is 5.93. The molecule has 0 unspecified atom stereocenters. The van der Waals surface area contributed by atoms with Crippen LogP contribution < -0.4 is 9.47 Å². The Bertz CT molecular complexity index is 1080. The van der Waals surface area contributed by atoms with Crippen LogP contribution in [0.2, 0.25) is 0 Å². The molecule has 188 valence electrons. The molecule has 1 heterocycles. The molecule has 0 radical (unpaired) electrons. The number of benzene rings is 2. The van der Waals surface area contributed by atoms with Crippen molar-refractivity contribution in [2.75, 3.05) is 13.2 Å². The van der Waals surface area contributed by atoms with Gasteiger partial charge in [0.05, 0.1) is 6.61 Å². The van der Waals surface area contributed by atoms with Crippen molar-refractivity contribution in [3.63, 3.8) is 0 Å². The van der Waals surface area contributed by atoms with Gasteiger partial charge in [-0.25, -0.2) is 14.0 Å². The number of carbonyl (C=O) groups is 2. The lowest BCUT2D eigenvalue weighted by atomic mass is 10.1. The van der Waals surface area contributed by atoms with Crippen LogP contribution in [0, 0.1) is 11.7 Å². The molecule has 0 atom stereocenters. The minimum absolute atomic E-state index is 0.0291. The molecule has 2 aromatic carbocycles. The number of rotatable bonds is 10. The molecule has 0 aromatic heterocycles. The Labute approximate surface area is 205 Å². The fraction of sp³-hybridized carbons (Fsp3) is 0.481. The molecule has 1 fully saturated rings. The number of hydrogen-bond donors (Lipinski definition) is 0. The molecule has 1 aliphatic carbocycles. The van der Waals surface area contributed by atoms with E-state index in [0.717, 1.165) is 19.3 Å². The van der Waals surface area contributed by atoms with Gasteiger partial charge in [0.15, 0.2) is 11.6 Å². The van der Waals surface area contributed by atoms with Crippen molar-refractivity contribution >= 4 is 12.1 Å². The van der Waals surface area contributed by atoms with Crippen molar-refractivity contribution in [1.82, 2.24) is 4.90 Å². The van der Waals surface area contributed by atoms with E-state index in [2.05, 4.69) is 0 Å². The van der Waals surface area contributed by atoms with Gasteiger partial charge < -0.3 is 23.8 Å². The molecule has 35 heavy (non-hydrogen) atoms. The van der Waals surface area contributed by atoms with E-state index < -0.39 is 17.6 Å². The zero-order valence-corrected chi connectivity index (χ0v) is 20.5. The lowest BCUT2D eigenvalue weighted by Crippen LogP contribution is -2.38. The fourth-order valence-electron chi connectivity index (χ4n) is 3.83. The predicted molar refractivity (Wildman–Crippen MR) is 127 cm³/mol. The Morgan fingerprint density at radius 3 is 2.69 bits per heavy atom. The molecular formula is C27H32FNO6. The summed E-state index contributed by atoms with van der Waals surface area (Å²) in [5, 5.41) is 0. The average molecular weight is 486 g/mol. The standard InChI is InChI=1S/C27H32FNO6/c1-4-5-14-32-26(31)29(13-12-18-6-7-18)17-19-8-11-23(22(28)15-19)33-20-9-10-21-24(16-20)34-27(2,3)35-25(21)30/h8-11,15-16,18H,4-7,12-14,17H2,1-3H3. The monoisotopic (exact) mass is 485 g/mol. The summed E-state index contributed by atoms with van der Waals surface area (Å²) in [5.74, 6) is -0.804. The minimum atomic E-state index is -1.10. The van der Waals surface area contributed by atoms with Gasteiger partial charge in [0.1, 0.15) is 17.1 Å².